The molecule has 0 saturated carbocycles. The summed E-state index contributed by atoms with van der Waals surface area (Å²) in [5, 5.41) is 0. The molecule has 220 valence electrons. The predicted octanol–water partition coefficient (Wildman–Crippen LogP) is 7.34. The number of aryl methyl sites for hydroxylation is 1. The van der Waals surface area contributed by atoms with Gasteiger partial charge in [0.25, 0.3) is 0 Å². The van der Waals surface area contributed by atoms with Gasteiger partial charge in [-0.3, -0.25) is 0 Å². The van der Waals surface area contributed by atoms with Gasteiger partial charge in [0.05, 0.1) is 32.0 Å². The van der Waals surface area contributed by atoms with E-state index in [1.165, 1.54) is 0 Å². The van der Waals surface area contributed by atoms with Crippen molar-refractivity contribution in [2.75, 3.05) is 28.1 Å². The summed E-state index contributed by atoms with van der Waals surface area (Å²) in [7, 11) is 5.03. The Morgan fingerprint density at radius 2 is 1.77 bits per heavy atom. The Hall–Kier alpha value is -2.97. The third-order valence-electron chi connectivity index (χ3n) is 6.94. The van der Waals surface area contributed by atoms with Crippen LogP contribution in [-0.2, 0) is 25.6 Å². The zero-order chi connectivity index (χ0) is 29.5. The molecular formula is C33H47NO6. The Balaban J connectivity index is 2.23. The molecule has 0 radical (unpaired) electrons. The Morgan fingerprint density at radius 1 is 1.05 bits per heavy atom. The van der Waals surface area contributed by atoms with E-state index < -0.39 is 0 Å². The van der Waals surface area contributed by atoms with Crippen LogP contribution in [0.1, 0.15) is 51.3 Å². The maximum atomic E-state index is 6.57. The summed E-state index contributed by atoms with van der Waals surface area (Å²) in [6.07, 6.45) is 11.9. The van der Waals surface area contributed by atoms with Crippen molar-refractivity contribution in [2.45, 2.75) is 66.0 Å². The van der Waals surface area contributed by atoms with Gasteiger partial charge < -0.3 is 28.1 Å². The largest absolute Gasteiger partial charge is 0.497 e. The number of oxazole rings is 1. The van der Waals surface area contributed by atoms with Crippen molar-refractivity contribution in [3.63, 3.8) is 0 Å². The second-order valence-electron chi connectivity index (χ2n) is 10.1. The highest BCUT2D eigenvalue weighted by molar-refractivity contribution is 5.51. The molecule has 1 aromatic carbocycles. The molecule has 7 nitrogen and oxygen atoms in total. The molecule has 2 aromatic rings. The first kappa shape index (κ1) is 33.2. The number of aromatic nitrogens is 1. The van der Waals surface area contributed by atoms with Crippen molar-refractivity contribution in [1.82, 2.24) is 4.98 Å². The molecule has 2 rings (SSSR count). The lowest BCUT2D eigenvalue weighted by molar-refractivity contribution is -0.117. The number of ether oxygens (including phenoxy) is 5. The van der Waals surface area contributed by atoms with E-state index in [2.05, 4.69) is 38.4 Å². The van der Waals surface area contributed by atoms with Crippen LogP contribution in [0.4, 0.5) is 0 Å². The average molecular weight is 554 g/mol. The van der Waals surface area contributed by atoms with Gasteiger partial charge in [-0.1, -0.05) is 50.3 Å². The predicted molar refractivity (Wildman–Crippen MR) is 160 cm³/mol. The summed E-state index contributed by atoms with van der Waals surface area (Å²) >= 11 is 0. The van der Waals surface area contributed by atoms with Gasteiger partial charge >= 0.3 is 0 Å². The van der Waals surface area contributed by atoms with Crippen LogP contribution >= 0.6 is 0 Å². The number of methoxy groups -OCH3 is 3. The number of nitrogens with zero attached hydrogens (tertiary/aromatic N) is 1. The second-order valence-corrected chi connectivity index (χ2v) is 10.1. The second kappa shape index (κ2) is 17.7. The maximum absolute atomic E-state index is 6.57. The summed E-state index contributed by atoms with van der Waals surface area (Å²) in [5.74, 6) is 1.62. The molecule has 0 saturated heterocycles. The van der Waals surface area contributed by atoms with E-state index in [-0.39, 0.29) is 36.9 Å². The summed E-state index contributed by atoms with van der Waals surface area (Å²) in [6.45, 7) is 14.9. The van der Waals surface area contributed by atoms with E-state index >= 15 is 0 Å². The van der Waals surface area contributed by atoms with Crippen LogP contribution < -0.4 is 4.74 Å². The van der Waals surface area contributed by atoms with Crippen LogP contribution in [0, 0.1) is 18.8 Å². The standard InChI is InChI=1S/C33H47NO6/c1-10-24(3)31(40-22-35-7)19-32(39-20-28-14-16-30(36-8)17-15-28)26(5)33(37-9)25(4)13-11-12-23(2)18-29-21-38-27(6)34-29/h10-18,21,24,26,31-33H,1,19-20,22H2,2-9H3/b12-11+,23-18+,25-13+/t24-,26-,31-,32-,33-/m0/s1. The van der Waals surface area contributed by atoms with Gasteiger partial charge in [-0.05, 0) is 48.8 Å². The topological polar surface area (TPSA) is 72.2 Å². The molecule has 7 heteroatoms. The van der Waals surface area contributed by atoms with Crippen LogP contribution in [0.25, 0.3) is 6.08 Å². The molecule has 0 N–H and O–H groups in total. The molecule has 0 aliphatic rings. The monoisotopic (exact) mass is 553 g/mol. The smallest absolute Gasteiger partial charge is 0.191 e. The molecule has 0 unspecified atom stereocenters. The van der Waals surface area contributed by atoms with E-state index in [0.29, 0.717) is 18.9 Å². The summed E-state index contributed by atoms with van der Waals surface area (Å²) in [6, 6.07) is 7.93. The third-order valence-corrected chi connectivity index (χ3v) is 6.94. The Morgan fingerprint density at radius 3 is 2.35 bits per heavy atom. The molecule has 40 heavy (non-hydrogen) atoms. The Kier molecular flexibility index (Phi) is 14.7. The molecule has 0 aliphatic heterocycles. The van der Waals surface area contributed by atoms with Gasteiger partial charge in [0.2, 0.25) is 0 Å². The van der Waals surface area contributed by atoms with Crippen molar-refractivity contribution in [3.05, 3.63) is 89.7 Å². The lowest BCUT2D eigenvalue weighted by Gasteiger charge is -2.34. The number of hydrogen-bond acceptors (Lipinski definition) is 7. The number of allylic oxidation sites excluding steroid dienone is 4. The molecule has 1 heterocycles. The van der Waals surface area contributed by atoms with E-state index in [9.17, 15) is 0 Å². The van der Waals surface area contributed by atoms with Gasteiger partial charge in [0, 0.05) is 39.4 Å². The summed E-state index contributed by atoms with van der Waals surface area (Å²) in [4.78, 5) is 4.33. The first-order valence-electron chi connectivity index (χ1n) is 13.7. The highest BCUT2D eigenvalue weighted by Gasteiger charge is 2.31. The maximum Gasteiger partial charge on any atom is 0.191 e. The van der Waals surface area contributed by atoms with Crippen molar-refractivity contribution in [2.24, 2.45) is 11.8 Å². The van der Waals surface area contributed by atoms with Gasteiger partial charge in [-0.2, -0.15) is 0 Å². The SMILES string of the molecule is C=C[C@H](C)[C@H](C[C@H](OCc1ccc(OC)cc1)[C@H](C)[C@@H](OC)/C(C)=C/C=C/C(C)=C/c1coc(C)n1)OCOC. The van der Waals surface area contributed by atoms with Crippen molar-refractivity contribution >= 4 is 6.08 Å². The van der Waals surface area contributed by atoms with Crippen LogP contribution in [-0.4, -0.2) is 51.4 Å². The van der Waals surface area contributed by atoms with Gasteiger partial charge in [-0.15, -0.1) is 6.58 Å². The minimum Gasteiger partial charge on any atom is -0.497 e. The summed E-state index contributed by atoms with van der Waals surface area (Å²) < 4.78 is 34.4. The van der Waals surface area contributed by atoms with Crippen LogP contribution in [0.2, 0.25) is 0 Å². The average Bonchev–Trinajstić information content (AvgIpc) is 3.36. The van der Waals surface area contributed by atoms with E-state index in [4.69, 9.17) is 28.1 Å². The first-order chi connectivity index (χ1) is 19.2. The fourth-order valence-electron chi connectivity index (χ4n) is 4.51. The highest BCUT2D eigenvalue weighted by Crippen LogP contribution is 2.28. The van der Waals surface area contributed by atoms with Gasteiger partial charge in [0.15, 0.2) is 5.89 Å². The van der Waals surface area contributed by atoms with Crippen LogP contribution in [0.5, 0.6) is 5.75 Å². The van der Waals surface area contributed by atoms with Gasteiger partial charge in [0.1, 0.15) is 24.5 Å². The van der Waals surface area contributed by atoms with Crippen molar-refractivity contribution < 1.29 is 28.1 Å². The quantitative estimate of drug-likeness (QED) is 0.109. The fourth-order valence-corrected chi connectivity index (χ4v) is 4.51. The number of hydrogen-bond donors (Lipinski definition) is 0. The Labute approximate surface area is 240 Å². The molecule has 5 atom stereocenters. The first-order valence-corrected chi connectivity index (χ1v) is 13.7. The zero-order valence-electron chi connectivity index (χ0n) is 25.4. The molecule has 0 amide bonds. The number of benzene rings is 1. The van der Waals surface area contributed by atoms with Crippen LogP contribution in [0.15, 0.2) is 77.0 Å². The lowest BCUT2D eigenvalue weighted by Crippen LogP contribution is -2.38. The third kappa shape index (κ3) is 10.9. The molecule has 1 aromatic heterocycles. The van der Waals surface area contributed by atoms with Crippen molar-refractivity contribution in [3.8, 4) is 5.75 Å². The molecule has 0 aliphatic carbocycles. The van der Waals surface area contributed by atoms with Crippen molar-refractivity contribution in [1.29, 1.82) is 0 Å². The molecule has 0 fully saturated rings. The minimum absolute atomic E-state index is 0.0355. The van der Waals surface area contributed by atoms with E-state index in [1.807, 2.05) is 62.4 Å². The lowest BCUT2D eigenvalue weighted by atomic mass is 9.87. The number of rotatable bonds is 18. The van der Waals surface area contributed by atoms with Crippen LogP contribution in [0.3, 0.4) is 0 Å². The normalized spacial score (nSPS) is 16.5. The van der Waals surface area contributed by atoms with E-state index in [1.54, 1.807) is 27.6 Å². The minimum atomic E-state index is -0.157. The molecular weight excluding hydrogens is 506 g/mol. The fraction of sp³-hybridized carbons (Fsp3) is 0.485. The molecule has 0 spiro atoms. The highest BCUT2D eigenvalue weighted by atomic mass is 16.7. The summed E-state index contributed by atoms with van der Waals surface area (Å²) in [5.41, 5.74) is 4.04. The Bertz CT molecular complexity index is 1100. The zero-order valence-corrected chi connectivity index (χ0v) is 25.4. The van der Waals surface area contributed by atoms with E-state index in [0.717, 1.165) is 28.2 Å². The van der Waals surface area contributed by atoms with Gasteiger partial charge in [-0.25, -0.2) is 4.98 Å². The molecule has 0 bridgehead atoms.